The summed E-state index contributed by atoms with van der Waals surface area (Å²) in [5.41, 5.74) is 1.87. The number of piperazine rings is 1. The van der Waals surface area contributed by atoms with Crippen molar-refractivity contribution < 1.29 is 9.59 Å². The van der Waals surface area contributed by atoms with E-state index in [1.165, 1.54) is 0 Å². The lowest BCUT2D eigenvalue weighted by molar-refractivity contribution is -0.123. The van der Waals surface area contributed by atoms with Gasteiger partial charge in [-0.2, -0.15) is 11.3 Å². The zero-order chi connectivity index (χ0) is 18.9. The van der Waals surface area contributed by atoms with Crippen LogP contribution >= 0.6 is 11.3 Å². The van der Waals surface area contributed by atoms with E-state index in [0.717, 1.165) is 17.7 Å². The Morgan fingerprint density at radius 2 is 2.04 bits per heavy atom. The Bertz CT molecular complexity index is 811. The van der Waals surface area contributed by atoms with Crippen LogP contribution in [0.4, 0.5) is 10.5 Å². The topological polar surface area (TPSA) is 55.9 Å². The summed E-state index contributed by atoms with van der Waals surface area (Å²) in [6.45, 7) is 2.88. The van der Waals surface area contributed by atoms with Crippen LogP contribution in [0.25, 0.3) is 0 Å². The molecule has 0 bridgehead atoms. The highest BCUT2D eigenvalue weighted by atomic mass is 32.1. The first-order valence-corrected chi connectivity index (χ1v) is 10.1. The second kappa shape index (κ2) is 7.32. The van der Waals surface area contributed by atoms with Crippen molar-refractivity contribution in [1.29, 1.82) is 0 Å². The smallest absolute Gasteiger partial charge is 0.317 e. The van der Waals surface area contributed by atoms with E-state index < -0.39 is 0 Å². The van der Waals surface area contributed by atoms with Crippen LogP contribution in [0.1, 0.15) is 12.0 Å². The summed E-state index contributed by atoms with van der Waals surface area (Å²) in [6.07, 6.45) is 0.871. The molecule has 1 aromatic carbocycles. The average molecular weight is 385 g/mol. The average Bonchev–Trinajstić information content (AvgIpc) is 3.35. The molecule has 27 heavy (non-hydrogen) atoms. The highest BCUT2D eigenvalue weighted by molar-refractivity contribution is 7.08. The summed E-state index contributed by atoms with van der Waals surface area (Å²) in [5, 5.41) is 7.02. The van der Waals surface area contributed by atoms with Gasteiger partial charge in [0.25, 0.3) is 0 Å². The van der Waals surface area contributed by atoms with Crippen molar-refractivity contribution in [3.63, 3.8) is 0 Å². The second-order valence-corrected chi connectivity index (χ2v) is 8.14. The van der Waals surface area contributed by atoms with E-state index in [0.29, 0.717) is 32.7 Å². The largest absolute Gasteiger partial charge is 0.334 e. The number of nitrogens with one attached hydrogen (secondary N) is 1. The fourth-order valence-corrected chi connectivity index (χ4v) is 4.60. The van der Waals surface area contributed by atoms with Crippen molar-refractivity contribution in [1.82, 2.24) is 15.1 Å². The lowest BCUT2D eigenvalue weighted by atomic mass is 9.93. The summed E-state index contributed by atoms with van der Waals surface area (Å²) >= 11 is 1.59. The number of anilines is 1. The van der Waals surface area contributed by atoms with Gasteiger partial charge in [0.1, 0.15) is 0 Å². The lowest BCUT2D eigenvalue weighted by Crippen LogP contribution is -2.64. The van der Waals surface area contributed by atoms with E-state index in [9.17, 15) is 9.59 Å². The Morgan fingerprint density at radius 3 is 2.78 bits per heavy atom. The lowest BCUT2D eigenvalue weighted by Gasteiger charge is -2.46. The van der Waals surface area contributed by atoms with Gasteiger partial charge in [-0.15, -0.1) is 0 Å². The Morgan fingerprint density at radius 1 is 1.22 bits per heavy atom. The summed E-state index contributed by atoms with van der Waals surface area (Å²) in [4.78, 5) is 31.0. The number of likely N-dealkylation sites (tertiary alicyclic amines) is 1. The molecule has 1 atom stereocenters. The van der Waals surface area contributed by atoms with Gasteiger partial charge in [-0.05, 0) is 30.5 Å². The van der Waals surface area contributed by atoms with Crippen LogP contribution in [-0.2, 0) is 11.3 Å². The molecule has 6 nitrogen and oxygen atoms in total. The number of carbonyl (C=O) groups is 2. The van der Waals surface area contributed by atoms with Crippen LogP contribution in [0, 0.1) is 0 Å². The summed E-state index contributed by atoms with van der Waals surface area (Å²) in [6, 6.07) is 11.9. The van der Waals surface area contributed by atoms with Crippen LogP contribution in [0.3, 0.4) is 0 Å². The fourth-order valence-electron chi connectivity index (χ4n) is 3.96. The van der Waals surface area contributed by atoms with Crippen LogP contribution < -0.4 is 10.2 Å². The quantitative estimate of drug-likeness (QED) is 0.884. The van der Waals surface area contributed by atoms with Crippen molar-refractivity contribution in [3.05, 3.63) is 52.7 Å². The molecule has 2 aliphatic rings. The molecular weight excluding hydrogens is 360 g/mol. The molecule has 2 fully saturated rings. The number of thiophene rings is 1. The van der Waals surface area contributed by atoms with Crippen molar-refractivity contribution >= 4 is 29.0 Å². The number of nitrogens with zero attached hydrogens (tertiary/aromatic N) is 3. The number of hydrogen-bond acceptors (Lipinski definition) is 4. The molecule has 3 amide bonds. The number of urea groups is 1. The van der Waals surface area contributed by atoms with Gasteiger partial charge in [0.2, 0.25) is 5.91 Å². The molecule has 1 aromatic heterocycles. The maximum absolute atomic E-state index is 12.6. The van der Waals surface area contributed by atoms with Gasteiger partial charge in [-0.25, -0.2) is 4.79 Å². The Hall–Kier alpha value is -2.38. The third-order valence-corrected chi connectivity index (χ3v) is 6.33. The van der Waals surface area contributed by atoms with Crippen LogP contribution in [-0.4, -0.2) is 60.5 Å². The number of benzene rings is 1. The van der Waals surface area contributed by atoms with Gasteiger partial charge >= 0.3 is 6.03 Å². The van der Waals surface area contributed by atoms with Gasteiger partial charge in [0, 0.05) is 31.6 Å². The fraction of sp³-hybridized carbons (Fsp3) is 0.400. The molecular formula is C20H24N4O2S. The SMILES string of the molecule is CN1CC(=O)N(c2ccsc2)C[C@]12CCN(C(=O)NCc1ccccc1)C2. The van der Waals surface area contributed by atoms with E-state index in [-0.39, 0.29) is 17.5 Å². The molecule has 2 aromatic rings. The molecule has 0 unspecified atom stereocenters. The third-order valence-electron chi connectivity index (χ3n) is 5.66. The molecule has 0 aliphatic carbocycles. The van der Waals surface area contributed by atoms with Crippen molar-refractivity contribution in [2.24, 2.45) is 0 Å². The van der Waals surface area contributed by atoms with Gasteiger partial charge in [-0.1, -0.05) is 30.3 Å². The highest BCUT2D eigenvalue weighted by Gasteiger charge is 2.48. The van der Waals surface area contributed by atoms with E-state index in [1.54, 1.807) is 11.3 Å². The van der Waals surface area contributed by atoms with Crippen molar-refractivity contribution in [2.75, 3.05) is 38.1 Å². The Kier molecular flexibility index (Phi) is 4.88. The Labute approximate surface area is 163 Å². The standard InChI is InChI=1S/C20H24N4O2S/c1-22-12-18(25)24(17-7-10-27-13-17)15-20(22)8-9-23(14-20)19(26)21-11-16-5-3-2-4-6-16/h2-7,10,13H,8-9,11-12,14-15H2,1H3,(H,21,26)/t20-/m1/s1. The summed E-state index contributed by atoms with van der Waals surface area (Å²) in [7, 11) is 1.99. The van der Waals surface area contributed by atoms with Gasteiger partial charge in [0.15, 0.2) is 0 Å². The number of hydrogen-bond donors (Lipinski definition) is 1. The first-order chi connectivity index (χ1) is 13.1. The number of likely N-dealkylation sites (N-methyl/N-ethyl adjacent to an activating group) is 1. The summed E-state index contributed by atoms with van der Waals surface area (Å²) < 4.78 is 0. The van der Waals surface area contributed by atoms with Crippen molar-refractivity contribution in [2.45, 2.75) is 18.5 Å². The third kappa shape index (κ3) is 3.57. The molecule has 4 rings (SSSR count). The minimum atomic E-state index is -0.181. The zero-order valence-electron chi connectivity index (χ0n) is 15.4. The van der Waals surface area contributed by atoms with Crippen molar-refractivity contribution in [3.8, 4) is 0 Å². The number of rotatable bonds is 3. The summed E-state index contributed by atoms with van der Waals surface area (Å²) in [5.74, 6) is 0.119. The van der Waals surface area contributed by atoms with Gasteiger partial charge < -0.3 is 15.1 Å². The van der Waals surface area contributed by atoms with E-state index in [1.807, 2.05) is 64.0 Å². The highest BCUT2D eigenvalue weighted by Crippen LogP contribution is 2.34. The molecule has 142 valence electrons. The molecule has 2 aliphatic heterocycles. The molecule has 0 saturated carbocycles. The maximum Gasteiger partial charge on any atom is 0.317 e. The number of carbonyl (C=O) groups excluding carboxylic acids is 2. The van der Waals surface area contributed by atoms with Gasteiger partial charge in [-0.3, -0.25) is 9.69 Å². The van der Waals surface area contributed by atoms with Crippen LogP contribution in [0.5, 0.6) is 0 Å². The van der Waals surface area contributed by atoms with Crippen LogP contribution in [0.2, 0.25) is 0 Å². The van der Waals surface area contributed by atoms with E-state index in [2.05, 4.69) is 10.2 Å². The molecule has 1 N–H and O–H groups in total. The molecule has 7 heteroatoms. The van der Waals surface area contributed by atoms with Gasteiger partial charge in [0.05, 0.1) is 17.8 Å². The normalized spacial score (nSPS) is 23.2. The van der Waals surface area contributed by atoms with Crippen LogP contribution in [0.15, 0.2) is 47.2 Å². The van der Waals surface area contributed by atoms with E-state index >= 15 is 0 Å². The molecule has 2 saturated heterocycles. The second-order valence-electron chi connectivity index (χ2n) is 7.36. The predicted octanol–water partition coefficient (Wildman–Crippen LogP) is 2.38. The minimum Gasteiger partial charge on any atom is -0.334 e. The minimum absolute atomic E-state index is 0.0388. The maximum atomic E-state index is 12.6. The monoisotopic (exact) mass is 384 g/mol. The molecule has 0 radical (unpaired) electrons. The number of amides is 3. The molecule has 3 heterocycles. The molecule has 1 spiro atoms. The first-order valence-electron chi connectivity index (χ1n) is 9.18. The zero-order valence-corrected chi connectivity index (χ0v) is 16.2. The first kappa shape index (κ1) is 18.0. The predicted molar refractivity (Wildman–Crippen MR) is 107 cm³/mol. The Balaban J connectivity index is 1.42. The van der Waals surface area contributed by atoms with E-state index in [4.69, 9.17) is 0 Å².